The van der Waals surface area contributed by atoms with Crippen LogP contribution in [-0.2, 0) is 9.53 Å². The fourth-order valence-electron chi connectivity index (χ4n) is 4.78. The molecule has 0 aromatic heterocycles. The molecule has 0 saturated heterocycles. The topological polar surface area (TPSA) is 148 Å². The monoisotopic (exact) mass is 578 g/mol. The molecule has 0 spiro atoms. The van der Waals surface area contributed by atoms with Crippen molar-refractivity contribution in [2.24, 2.45) is 23.7 Å². The molecular formula is C33H54O8. The summed E-state index contributed by atoms with van der Waals surface area (Å²) in [4.78, 5) is 12.8. The highest BCUT2D eigenvalue weighted by atomic mass is 16.5. The first kappa shape index (κ1) is 37.0. The highest BCUT2D eigenvalue weighted by molar-refractivity contribution is 5.73. The van der Waals surface area contributed by atoms with Gasteiger partial charge in [-0.1, -0.05) is 88.5 Å². The summed E-state index contributed by atoms with van der Waals surface area (Å²) in [7, 11) is 0. The standard InChI is InChI=1S/C33H54O8/c1-22(2)32-23(3)15-12-10-8-6-7-9-11-13-18-29(37)24(4)30(38)21-28(36)19-26(34)16-14-17-27(35)20-31(39)25(5)33(40)41-32/h6-13,15,18,22-32,34-39H,14,16-17,19-21H2,1-5H3/b7-6-,10-8-,11-9-,15-12-,18-13-. The second kappa shape index (κ2) is 19.9. The normalized spacial score (nSPS) is 40.4. The summed E-state index contributed by atoms with van der Waals surface area (Å²) in [5.41, 5.74) is 0. The Bertz CT molecular complexity index is 876. The van der Waals surface area contributed by atoms with Crippen molar-refractivity contribution < 1.29 is 40.2 Å². The number of carbonyl (C=O) groups excluding carboxylic acids is 1. The van der Waals surface area contributed by atoms with Crippen molar-refractivity contribution in [3.8, 4) is 0 Å². The van der Waals surface area contributed by atoms with Crippen LogP contribution in [0.15, 0.2) is 60.8 Å². The number of allylic oxidation sites excluding steroid dienone is 8. The number of aliphatic hydroxyl groups excluding tert-OH is 6. The van der Waals surface area contributed by atoms with Crippen LogP contribution in [0.25, 0.3) is 0 Å². The lowest BCUT2D eigenvalue weighted by atomic mass is 9.91. The smallest absolute Gasteiger partial charge is 0.311 e. The molecule has 1 rings (SSSR count). The number of hydrogen-bond donors (Lipinski definition) is 6. The zero-order valence-corrected chi connectivity index (χ0v) is 25.4. The molecule has 234 valence electrons. The quantitative estimate of drug-likeness (QED) is 0.258. The summed E-state index contributed by atoms with van der Waals surface area (Å²) in [6.45, 7) is 9.22. The molecule has 8 nitrogen and oxygen atoms in total. The average molecular weight is 579 g/mol. The molecule has 0 saturated carbocycles. The van der Waals surface area contributed by atoms with Crippen LogP contribution in [0.5, 0.6) is 0 Å². The van der Waals surface area contributed by atoms with Crippen LogP contribution in [0, 0.1) is 23.7 Å². The van der Waals surface area contributed by atoms with Crippen molar-refractivity contribution in [1.82, 2.24) is 0 Å². The first-order valence-electron chi connectivity index (χ1n) is 15.0. The molecule has 0 fully saturated rings. The minimum absolute atomic E-state index is 0.00510. The number of ether oxygens (including phenoxy) is 1. The molecule has 0 aromatic rings. The van der Waals surface area contributed by atoms with Crippen molar-refractivity contribution in [1.29, 1.82) is 0 Å². The minimum atomic E-state index is -1.08. The predicted octanol–water partition coefficient (Wildman–Crippen LogP) is 3.76. The Labute approximate surface area is 246 Å². The van der Waals surface area contributed by atoms with Crippen molar-refractivity contribution >= 4 is 5.97 Å². The maximum absolute atomic E-state index is 12.8. The maximum Gasteiger partial charge on any atom is 0.311 e. The summed E-state index contributed by atoms with van der Waals surface area (Å²) in [5.74, 6) is -1.83. The average Bonchev–Trinajstić information content (AvgIpc) is 2.90. The van der Waals surface area contributed by atoms with E-state index in [1.54, 1.807) is 32.1 Å². The molecule has 10 atom stereocenters. The first-order chi connectivity index (χ1) is 19.3. The first-order valence-corrected chi connectivity index (χ1v) is 15.0. The van der Waals surface area contributed by atoms with Crippen molar-refractivity contribution in [3.05, 3.63) is 60.8 Å². The summed E-state index contributed by atoms with van der Waals surface area (Å²) in [6, 6.07) is 0. The highest BCUT2D eigenvalue weighted by Gasteiger charge is 2.30. The lowest BCUT2D eigenvalue weighted by Crippen LogP contribution is -2.36. The van der Waals surface area contributed by atoms with Crippen molar-refractivity contribution in [2.45, 2.75) is 116 Å². The third kappa shape index (κ3) is 15.1. The number of rotatable bonds is 1. The van der Waals surface area contributed by atoms with E-state index in [0.29, 0.717) is 19.3 Å². The SMILES string of the molecule is CC(C)C1OC(=O)C(C)C(O)CC(O)CCCC(O)CC(O)CC(O)C(C)C(O)\C=C/C=C\C=C/C=C\C=C/C1C. The molecule has 6 N–H and O–H groups in total. The zero-order chi connectivity index (χ0) is 30.9. The van der Waals surface area contributed by atoms with E-state index < -0.39 is 54.4 Å². The predicted molar refractivity (Wildman–Crippen MR) is 162 cm³/mol. The zero-order valence-electron chi connectivity index (χ0n) is 25.4. The van der Waals surface area contributed by atoms with Gasteiger partial charge in [-0.05, 0) is 44.9 Å². The van der Waals surface area contributed by atoms with Gasteiger partial charge in [-0.2, -0.15) is 0 Å². The van der Waals surface area contributed by atoms with Gasteiger partial charge in [0.1, 0.15) is 6.10 Å². The Balaban J connectivity index is 2.99. The minimum Gasteiger partial charge on any atom is -0.461 e. The molecule has 0 aromatic carbocycles. The summed E-state index contributed by atoms with van der Waals surface area (Å²) < 4.78 is 5.79. The van der Waals surface area contributed by atoms with Crippen molar-refractivity contribution in [2.75, 3.05) is 0 Å². The number of esters is 1. The molecule has 1 aliphatic heterocycles. The van der Waals surface area contributed by atoms with Gasteiger partial charge in [0.2, 0.25) is 0 Å². The number of hydrogen-bond acceptors (Lipinski definition) is 8. The Hall–Kier alpha value is -2.07. The Kier molecular flexibility index (Phi) is 18.0. The maximum atomic E-state index is 12.8. The van der Waals surface area contributed by atoms with Gasteiger partial charge in [0.15, 0.2) is 0 Å². The van der Waals surface area contributed by atoms with Crippen LogP contribution in [0.1, 0.15) is 73.1 Å². The van der Waals surface area contributed by atoms with Gasteiger partial charge in [0.25, 0.3) is 0 Å². The van der Waals surface area contributed by atoms with E-state index in [-0.39, 0.29) is 37.2 Å². The number of cyclic esters (lactones) is 1. The van der Waals surface area contributed by atoms with E-state index in [1.165, 1.54) is 0 Å². The van der Waals surface area contributed by atoms with Gasteiger partial charge in [-0.25, -0.2) is 0 Å². The lowest BCUT2D eigenvalue weighted by molar-refractivity contribution is -0.162. The molecule has 0 bridgehead atoms. The Morgan fingerprint density at radius 3 is 1.73 bits per heavy atom. The van der Waals surface area contributed by atoms with Crippen LogP contribution in [0.2, 0.25) is 0 Å². The van der Waals surface area contributed by atoms with Gasteiger partial charge in [-0.3, -0.25) is 4.79 Å². The summed E-state index contributed by atoms with van der Waals surface area (Å²) in [5, 5.41) is 62.5. The van der Waals surface area contributed by atoms with Crippen LogP contribution in [0.3, 0.4) is 0 Å². The number of aliphatic hydroxyl groups is 6. The fourth-order valence-corrected chi connectivity index (χ4v) is 4.78. The summed E-state index contributed by atoms with van der Waals surface area (Å²) in [6.07, 6.45) is 13.4. The fraction of sp³-hybridized carbons (Fsp3) is 0.667. The molecular weight excluding hydrogens is 524 g/mol. The van der Waals surface area contributed by atoms with E-state index in [2.05, 4.69) is 0 Å². The highest BCUT2D eigenvalue weighted by Crippen LogP contribution is 2.23. The number of carbonyl (C=O) groups is 1. The molecule has 0 aliphatic carbocycles. The van der Waals surface area contributed by atoms with Crippen LogP contribution in [-0.4, -0.2) is 79.3 Å². The summed E-state index contributed by atoms with van der Waals surface area (Å²) >= 11 is 0. The van der Waals surface area contributed by atoms with E-state index in [0.717, 1.165) is 0 Å². The van der Waals surface area contributed by atoms with E-state index in [4.69, 9.17) is 4.74 Å². The molecule has 8 heteroatoms. The largest absolute Gasteiger partial charge is 0.461 e. The van der Waals surface area contributed by atoms with Gasteiger partial charge >= 0.3 is 5.97 Å². The van der Waals surface area contributed by atoms with Gasteiger partial charge in [0.05, 0.1) is 42.5 Å². The molecule has 0 radical (unpaired) electrons. The van der Waals surface area contributed by atoms with Gasteiger partial charge in [-0.15, -0.1) is 0 Å². The van der Waals surface area contributed by atoms with E-state index >= 15 is 0 Å². The lowest BCUT2D eigenvalue weighted by Gasteiger charge is -2.28. The third-order valence-electron chi connectivity index (χ3n) is 7.67. The third-order valence-corrected chi connectivity index (χ3v) is 7.67. The molecule has 1 aliphatic rings. The molecule has 0 amide bonds. The van der Waals surface area contributed by atoms with E-state index in [9.17, 15) is 35.4 Å². The van der Waals surface area contributed by atoms with Crippen LogP contribution in [0.4, 0.5) is 0 Å². The Morgan fingerprint density at radius 2 is 1.17 bits per heavy atom. The van der Waals surface area contributed by atoms with Crippen LogP contribution < -0.4 is 0 Å². The molecule has 1 heterocycles. The second-order valence-corrected chi connectivity index (χ2v) is 11.8. The van der Waals surface area contributed by atoms with Gasteiger partial charge in [0, 0.05) is 18.3 Å². The second-order valence-electron chi connectivity index (χ2n) is 11.8. The molecule has 10 unspecified atom stereocenters. The Morgan fingerprint density at radius 1 is 0.683 bits per heavy atom. The van der Waals surface area contributed by atoms with Crippen LogP contribution >= 0.6 is 0 Å². The van der Waals surface area contributed by atoms with E-state index in [1.807, 2.05) is 63.3 Å². The molecule has 41 heavy (non-hydrogen) atoms. The van der Waals surface area contributed by atoms with Gasteiger partial charge < -0.3 is 35.4 Å². The van der Waals surface area contributed by atoms with Crippen molar-refractivity contribution in [3.63, 3.8) is 0 Å².